The molecular formula is C11H17NO3. The van der Waals surface area contributed by atoms with E-state index in [1.54, 1.807) is 0 Å². The molecule has 0 unspecified atom stereocenters. The average molecular weight is 211 g/mol. The van der Waals surface area contributed by atoms with Gasteiger partial charge in [-0.2, -0.15) is 0 Å². The second-order valence-electron chi connectivity index (χ2n) is 5.01. The maximum absolute atomic E-state index is 11.5. The predicted molar refractivity (Wildman–Crippen MR) is 55.6 cm³/mol. The lowest BCUT2D eigenvalue weighted by Gasteiger charge is -2.23. The van der Waals surface area contributed by atoms with Gasteiger partial charge in [-0.25, -0.2) is 4.79 Å². The summed E-state index contributed by atoms with van der Waals surface area (Å²) in [6.45, 7) is 5.55. The first-order valence-electron chi connectivity index (χ1n) is 5.27. The van der Waals surface area contributed by atoms with Crippen molar-refractivity contribution >= 4 is 6.09 Å². The third-order valence-electron chi connectivity index (χ3n) is 2.43. The molecule has 0 aromatic rings. The van der Waals surface area contributed by atoms with Crippen LogP contribution < -0.4 is 5.32 Å². The van der Waals surface area contributed by atoms with E-state index in [4.69, 9.17) is 9.47 Å². The van der Waals surface area contributed by atoms with E-state index in [9.17, 15) is 4.79 Å². The van der Waals surface area contributed by atoms with Gasteiger partial charge >= 0.3 is 6.09 Å². The van der Waals surface area contributed by atoms with E-state index in [1.807, 2.05) is 32.9 Å². The van der Waals surface area contributed by atoms with Gasteiger partial charge in [0.1, 0.15) is 5.60 Å². The number of hydrogen-bond donors (Lipinski definition) is 1. The van der Waals surface area contributed by atoms with Crippen LogP contribution in [0.25, 0.3) is 0 Å². The Balaban J connectivity index is 1.83. The average Bonchev–Trinajstić information content (AvgIpc) is 2.60. The number of nitrogens with one attached hydrogen (secondary N) is 1. The molecule has 0 radical (unpaired) electrons. The molecule has 15 heavy (non-hydrogen) atoms. The highest BCUT2D eigenvalue weighted by molar-refractivity contribution is 5.68. The van der Waals surface area contributed by atoms with E-state index in [0.29, 0.717) is 0 Å². The van der Waals surface area contributed by atoms with Crippen molar-refractivity contribution < 1.29 is 14.3 Å². The third kappa shape index (κ3) is 2.50. The number of hydrogen-bond acceptors (Lipinski definition) is 3. The smallest absolute Gasteiger partial charge is 0.407 e. The van der Waals surface area contributed by atoms with Gasteiger partial charge in [0.05, 0.1) is 18.2 Å². The maximum atomic E-state index is 11.5. The minimum absolute atomic E-state index is 0.0301. The van der Waals surface area contributed by atoms with Gasteiger partial charge in [-0.15, -0.1) is 0 Å². The molecule has 2 aliphatic heterocycles. The van der Waals surface area contributed by atoms with Gasteiger partial charge in [-0.05, 0) is 20.8 Å². The summed E-state index contributed by atoms with van der Waals surface area (Å²) in [5, 5.41) is 2.83. The van der Waals surface area contributed by atoms with Crippen molar-refractivity contribution in [2.24, 2.45) is 0 Å². The van der Waals surface area contributed by atoms with Gasteiger partial charge in [0, 0.05) is 6.42 Å². The number of fused-ring (bicyclic) bond motifs is 2. The van der Waals surface area contributed by atoms with Crippen LogP contribution in [-0.4, -0.2) is 29.9 Å². The van der Waals surface area contributed by atoms with Crippen LogP contribution in [0.5, 0.6) is 0 Å². The molecule has 4 nitrogen and oxygen atoms in total. The Bertz CT molecular complexity index is 293. The molecule has 2 bridgehead atoms. The van der Waals surface area contributed by atoms with Crippen molar-refractivity contribution in [3.63, 3.8) is 0 Å². The van der Waals surface area contributed by atoms with Crippen molar-refractivity contribution in [2.75, 3.05) is 0 Å². The van der Waals surface area contributed by atoms with E-state index in [1.165, 1.54) is 0 Å². The van der Waals surface area contributed by atoms with E-state index < -0.39 is 5.60 Å². The Kier molecular flexibility index (Phi) is 2.46. The Morgan fingerprint density at radius 3 is 2.67 bits per heavy atom. The van der Waals surface area contributed by atoms with Crippen molar-refractivity contribution in [3.05, 3.63) is 12.2 Å². The first kappa shape index (κ1) is 10.5. The van der Waals surface area contributed by atoms with Crippen LogP contribution in [0.3, 0.4) is 0 Å². The van der Waals surface area contributed by atoms with Crippen LogP contribution in [0.2, 0.25) is 0 Å². The van der Waals surface area contributed by atoms with E-state index in [0.717, 1.165) is 6.42 Å². The predicted octanol–water partition coefficient (Wildman–Crippen LogP) is 1.61. The first-order chi connectivity index (χ1) is 6.94. The zero-order valence-corrected chi connectivity index (χ0v) is 9.32. The fourth-order valence-electron chi connectivity index (χ4n) is 1.87. The summed E-state index contributed by atoms with van der Waals surface area (Å²) >= 11 is 0. The lowest BCUT2D eigenvalue weighted by molar-refractivity contribution is 0.0476. The molecule has 2 aliphatic rings. The molecule has 0 aliphatic carbocycles. The molecule has 0 aromatic carbocycles. The monoisotopic (exact) mass is 211 g/mol. The highest BCUT2D eigenvalue weighted by atomic mass is 16.6. The summed E-state index contributed by atoms with van der Waals surface area (Å²) in [4.78, 5) is 11.5. The fourth-order valence-corrected chi connectivity index (χ4v) is 1.87. The lowest BCUT2D eigenvalue weighted by atomic mass is 10.0. The van der Waals surface area contributed by atoms with Crippen LogP contribution in [0.4, 0.5) is 4.79 Å². The normalized spacial score (nSPS) is 33.1. The van der Waals surface area contributed by atoms with Crippen molar-refractivity contribution in [3.8, 4) is 0 Å². The van der Waals surface area contributed by atoms with Crippen LogP contribution >= 0.6 is 0 Å². The molecule has 0 spiro atoms. The summed E-state index contributed by atoms with van der Waals surface area (Å²) in [7, 11) is 0. The lowest BCUT2D eigenvalue weighted by Crippen LogP contribution is -2.43. The SMILES string of the molecule is CC(C)(C)OC(=O)N[C@H]1C[C@@H]2C=C[C@H]1O2. The van der Waals surface area contributed by atoms with Crippen molar-refractivity contribution in [1.82, 2.24) is 5.32 Å². The highest BCUT2D eigenvalue weighted by Crippen LogP contribution is 2.28. The quantitative estimate of drug-likeness (QED) is 0.670. The van der Waals surface area contributed by atoms with E-state index in [2.05, 4.69) is 5.32 Å². The van der Waals surface area contributed by atoms with Crippen LogP contribution in [-0.2, 0) is 9.47 Å². The van der Waals surface area contributed by atoms with Gasteiger partial charge < -0.3 is 14.8 Å². The van der Waals surface area contributed by atoms with Gasteiger partial charge in [0.2, 0.25) is 0 Å². The van der Waals surface area contributed by atoms with Gasteiger partial charge in [-0.3, -0.25) is 0 Å². The van der Waals surface area contributed by atoms with E-state index >= 15 is 0 Å². The Morgan fingerprint density at radius 2 is 2.20 bits per heavy atom. The summed E-state index contributed by atoms with van der Waals surface area (Å²) in [6.07, 6.45) is 4.73. The van der Waals surface area contributed by atoms with Crippen LogP contribution in [0, 0.1) is 0 Å². The number of amides is 1. The molecule has 1 amide bonds. The number of carbonyl (C=O) groups excluding carboxylic acids is 1. The van der Waals surface area contributed by atoms with E-state index in [-0.39, 0.29) is 24.3 Å². The minimum Gasteiger partial charge on any atom is -0.444 e. The minimum atomic E-state index is -0.446. The van der Waals surface area contributed by atoms with Crippen molar-refractivity contribution in [2.45, 2.75) is 51.0 Å². The molecule has 0 saturated carbocycles. The highest BCUT2D eigenvalue weighted by Gasteiger charge is 2.38. The second kappa shape index (κ2) is 3.52. The first-order valence-corrected chi connectivity index (χ1v) is 5.27. The molecule has 84 valence electrons. The molecule has 1 saturated heterocycles. The zero-order valence-electron chi connectivity index (χ0n) is 9.32. The molecule has 3 atom stereocenters. The summed E-state index contributed by atoms with van der Waals surface area (Å²) in [6, 6.07) is 0.0647. The summed E-state index contributed by atoms with van der Waals surface area (Å²) < 4.78 is 10.7. The molecule has 2 heterocycles. The standard InChI is InChI=1S/C11H17NO3/c1-11(2,3)15-10(13)12-8-6-7-4-5-9(8)14-7/h4-5,7-9H,6H2,1-3H3,(H,12,13)/t7-,8-,9+/m0/s1. The maximum Gasteiger partial charge on any atom is 0.407 e. The topological polar surface area (TPSA) is 47.6 Å². The Labute approximate surface area is 89.6 Å². The summed E-state index contributed by atoms with van der Waals surface area (Å²) in [5.74, 6) is 0. The second-order valence-corrected chi connectivity index (χ2v) is 5.01. The molecular weight excluding hydrogens is 194 g/mol. The van der Waals surface area contributed by atoms with Crippen LogP contribution in [0.1, 0.15) is 27.2 Å². The van der Waals surface area contributed by atoms with Gasteiger partial charge in [0.25, 0.3) is 0 Å². The molecule has 0 aromatic heterocycles. The molecule has 2 rings (SSSR count). The van der Waals surface area contributed by atoms with Crippen molar-refractivity contribution in [1.29, 1.82) is 0 Å². The number of ether oxygens (including phenoxy) is 2. The number of rotatable bonds is 1. The zero-order chi connectivity index (χ0) is 11.1. The number of carbonyl (C=O) groups is 1. The van der Waals surface area contributed by atoms with Crippen LogP contribution in [0.15, 0.2) is 12.2 Å². The van der Waals surface area contributed by atoms with Gasteiger partial charge in [0.15, 0.2) is 0 Å². The molecule has 4 heteroatoms. The molecule has 1 fully saturated rings. The Morgan fingerprint density at radius 1 is 1.47 bits per heavy atom. The third-order valence-corrected chi connectivity index (χ3v) is 2.43. The van der Waals surface area contributed by atoms with Gasteiger partial charge in [-0.1, -0.05) is 12.2 Å². The molecule has 1 N–H and O–H groups in total. The largest absolute Gasteiger partial charge is 0.444 e. The fraction of sp³-hybridized carbons (Fsp3) is 0.727. The summed E-state index contributed by atoms with van der Waals surface area (Å²) in [5.41, 5.74) is -0.446. The number of alkyl carbamates (subject to hydrolysis) is 1. The Hall–Kier alpha value is -1.03.